The van der Waals surface area contributed by atoms with Crippen LogP contribution in [0.25, 0.3) is 0 Å². The number of nitriles is 1. The number of nitrogens with zero attached hydrogens (tertiary/aromatic N) is 2. The van der Waals surface area contributed by atoms with Crippen LogP contribution in [0.2, 0.25) is 5.02 Å². The Morgan fingerprint density at radius 2 is 2.21 bits per heavy atom. The molecule has 0 saturated carbocycles. The first-order valence-electron chi connectivity index (χ1n) is 8.94. The van der Waals surface area contributed by atoms with Crippen LogP contribution in [0.4, 0.5) is 0 Å². The molecule has 1 aromatic heterocycles. The Kier molecular flexibility index (Phi) is 6.32. The maximum absolute atomic E-state index is 12.4. The zero-order chi connectivity index (χ0) is 20.9. The van der Waals surface area contributed by atoms with Crippen molar-refractivity contribution >= 4 is 23.4 Å². The molecule has 1 aromatic carbocycles. The van der Waals surface area contributed by atoms with E-state index in [-0.39, 0.29) is 37.3 Å². The van der Waals surface area contributed by atoms with Gasteiger partial charge in [-0.15, -0.1) is 0 Å². The smallest absolute Gasteiger partial charge is 0.271 e. The number of aromatic hydroxyl groups is 1. The third kappa shape index (κ3) is 5.22. The Labute approximate surface area is 172 Å². The third-order valence-electron chi connectivity index (χ3n) is 4.56. The number of benzene rings is 1. The predicted molar refractivity (Wildman–Crippen MR) is 104 cm³/mol. The average Bonchev–Trinajstić information content (AvgIpc) is 2.71. The van der Waals surface area contributed by atoms with E-state index in [4.69, 9.17) is 16.3 Å². The lowest BCUT2D eigenvalue weighted by atomic mass is 9.89. The monoisotopic (exact) mass is 414 g/mol. The van der Waals surface area contributed by atoms with Crippen molar-refractivity contribution in [2.24, 2.45) is 0 Å². The third-order valence-corrected chi connectivity index (χ3v) is 4.80. The molecule has 0 radical (unpaired) electrons. The number of nitrogens with one attached hydrogen (secondary N) is 2. The normalized spacial score (nSPS) is 21.0. The minimum absolute atomic E-state index is 0.0388. The molecule has 2 unspecified atom stereocenters. The second-order valence-corrected chi connectivity index (χ2v) is 7.13. The summed E-state index contributed by atoms with van der Waals surface area (Å²) in [5, 5.41) is 25.3. The zero-order valence-electron chi connectivity index (χ0n) is 15.4. The van der Waals surface area contributed by atoms with Gasteiger partial charge in [0.1, 0.15) is 23.2 Å². The molecule has 1 saturated heterocycles. The van der Waals surface area contributed by atoms with E-state index in [9.17, 15) is 20.0 Å². The summed E-state index contributed by atoms with van der Waals surface area (Å²) >= 11 is 5.90. The van der Waals surface area contributed by atoms with Crippen molar-refractivity contribution in [3.05, 3.63) is 58.9 Å². The maximum atomic E-state index is 12.4. The highest BCUT2D eigenvalue weighted by Crippen LogP contribution is 2.25. The molecule has 3 N–H and O–H groups in total. The number of aromatic nitrogens is 1. The van der Waals surface area contributed by atoms with Gasteiger partial charge in [0.15, 0.2) is 0 Å². The van der Waals surface area contributed by atoms with Crippen LogP contribution in [0.3, 0.4) is 0 Å². The molecule has 0 aliphatic carbocycles. The summed E-state index contributed by atoms with van der Waals surface area (Å²) in [5.74, 6) is -0.913. The Morgan fingerprint density at radius 3 is 2.93 bits per heavy atom. The summed E-state index contributed by atoms with van der Waals surface area (Å²) in [6, 6.07) is 11.5. The first kappa shape index (κ1) is 20.6. The lowest BCUT2D eigenvalue weighted by Crippen LogP contribution is -2.56. The average molecular weight is 415 g/mol. The van der Waals surface area contributed by atoms with Crippen molar-refractivity contribution in [2.45, 2.75) is 31.0 Å². The van der Waals surface area contributed by atoms with Crippen LogP contribution in [0, 0.1) is 11.3 Å². The number of phenolic OH excluding ortho intramolecular Hbond substituents is 1. The number of ether oxygens (including phenoxy) is 1. The van der Waals surface area contributed by atoms with Gasteiger partial charge >= 0.3 is 0 Å². The molecule has 2 amide bonds. The molecule has 2 aromatic rings. The molecular formula is C20H19ClN4O4. The fourth-order valence-electron chi connectivity index (χ4n) is 3.07. The van der Waals surface area contributed by atoms with Crippen LogP contribution in [0.1, 0.15) is 28.9 Å². The van der Waals surface area contributed by atoms with Crippen molar-refractivity contribution in [3.8, 4) is 11.8 Å². The molecule has 1 fully saturated rings. The predicted octanol–water partition coefficient (Wildman–Crippen LogP) is 1.93. The number of phenols is 1. The fourth-order valence-corrected chi connectivity index (χ4v) is 3.26. The first-order valence-corrected chi connectivity index (χ1v) is 9.32. The van der Waals surface area contributed by atoms with Gasteiger partial charge in [-0.1, -0.05) is 17.7 Å². The Hall–Kier alpha value is -3.15. The van der Waals surface area contributed by atoms with Crippen LogP contribution >= 0.6 is 11.6 Å². The Morgan fingerprint density at radius 1 is 1.38 bits per heavy atom. The zero-order valence-corrected chi connectivity index (χ0v) is 16.1. The minimum Gasteiger partial charge on any atom is -0.508 e. The Balaban J connectivity index is 1.64. The number of rotatable bonds is 5. The summed E-state index contributed by atoms with van der Waals surface area (Å²) < 4.78 is 5.55. The molecule has 8 nitrogen and oxygen atoms in total. The van der Waals surface area contributed by atoms with E-state index in [2.05, 4.69) is 21.7 Å². The number of halogens is 1. The summed E-state index contributed by atoms with van der Waals surface area (Å²) in [6.07, 6.45) is 0.984. The number of carbonyl (C=O) groups is 2. The van der Waals surface area contributed by atoms with E-state index in [0.717, 1.165) is 0 Å². The summed E-state index contributed by atoms with van der Waals surface area (Å²) in [5.41, 5.74) is -0.616. The first-order chi connectivity index (χ1) is 13.9. The van der Waals surface area contributed by atoms with Gasteiger partial charge in [0.05, 0.1) is 19.1 Å². The molecule has 1 aliphatic heterocycles. The van der Waals surface area contributed by atoms with Crippen molar-refractivity contribution < 1.29 is 19.4 Å². The van der Waals surface area contributed by atoms with Crippen LogP contribution < -0.4 is 10.6 Å². The topological polar surface area (TPSA) is 124 Å². The van der Waals surface area contributed by atoms with Crippen molar-refractivity contribution in [2.75, 3.05) is 6.61 Å². The largest absolute Gasteiger partial charge is 0.508 e. The lowest BCUT2D eigenvalue weighted by molar-refractivity contribution is -0.127. The summed E-state index contributed by atoms with van der Waals surface area (Å²) in [7, 11) is 0. The van der Waals surface area contributed by atoms with Gasteiger partial charge in [-0.25, -0.2) is 0 Å². The van der Waals surface area contributed by atoms with E-state index in [1.165, 1.54) is 24.4 Å². The van der Waals surface area contributed by atoms with E-state index < -0.39 is 23.6 Å². The van der Waals surface area contributed by atoms with Crippen molar-refractivity contribution in [3.63, 3.8) is 0 Å². The molecule has 29 heavy (non-hydrogen) atoms. The standard InChI is InChI=1S/C20H19ClN4O4/c21-14-4-5-16(26)13(9-14)10-17(27)24-18-11-20(12-22,6-8-29-18)25-19(28)15-3-1-2-7-23-15/h1-5,7,9,18,26H,6,8,10-11H2,(H,24,27)(H,25,28). The highest BCUT2D eigenvalue weighted by molar-refractivity contribution is 6.30. The lowest BCUT2D eigenvalue weighted by Gasteiger charge is -2.36. The van der Waals surface area contributed by atoms with Gasteiger partial charge in [-0.3, -0.25) is 14.6 Å². The molecule has 3 rings (SSSR count). The number of hydrogen-bond acceptors (Lipinski definition) is 6. The molecule has 2 heterocycles. The molecule has 2 atom stereocenters. The van der Waals surface area contributed by atoms with Gasteiger partial charge in [-0.2, -0.15) is 5.26 Å². The highest BCUT2D eigenvalue weighted by atomic mass is 35.5. The molecule has 150 valence electrons. The van der Waals surface area contributed by atoms with E-state index in [0.29, 0.717) is 10.6 Å². The van der Waals surface area contributed by atoms with Gasteiger partial charge in [0.25, 0.3) is 5.91 Å². The summed E-state index contributed by atoms with van der Waals surface area (Å²) in [6.45, 7) is 0.184. The van der Waals surface area contributed by atoms with E-state index >= 15 is 0 Å². The van der Waals surface area contributed by atoms with Crippen LogP contribution in [-0.4, -0.2) is 40.3 Å². The molecular weight excluding hydrogens is 396 g/mol. The van der Waals surface area contributed by atoms with Gasteiger partial charge < -0.3 is 20.5 Å². The molecule has 0 bridgehead atoms. The van der Waals surface area contributed by atoms with Crippen LogP contribution in [0.15, 0.2) is 42.6 Å². The number of carbonyl (C=O) groups excluding carboxylic acids is 2. The van der Waals surface area contributed by atoms with Gasteiger partial charge in [0.2, 0.25) is 5.91 Å². The fraction of sp³-hybridized carbons (Fsp3) is 0.300. The van der Waals surface area contributed by atoms with Crippen molar-refractivity contribution in [1.82, 2.24) is 15.6 Å². The van der Waals surface area contributed by atoms with E-state index in [1.807, 2.05) is 0 Å². The Bertz CT molecular complexity index is 947. The van der Waals surface area contributed by atoms with Crippen LogP contribution in [0.5, 0.6) is 5.75 Å². The SMILES string of the molecule is N#CC1(NC(=O)c2ccccn2)CCOC(NC(=O)Cc2cc(Cl)ccc2O)C1. The number of amides is 2. The second-order valence-electron chi connectivity index (χ2n) is 6.69. The van der Waals surface area contributed by atoms with E-state index in [1.54, 1.807) is 18.2 Å². The molecule has 9 heteroatoms. The van der Waals surface area contributed by atoms with Crippen LogP contribution in [-0.2, 0) is 16.0 Å². The number of hydrogen-bond donors (Lipinski definition) is 3. The van der Waals surface area contributed by atoms with Crippen molar-refractivity contribution in [1.29, 1.82) is 5.26 Å². The molecule has 1 aliphatic rings. The maximum Gasteiger partial charge on any atom is 0.271 e. The minimum atomic E-state index is -1.19. The van der Waals surface area contributed by atoms with Gasteiger partial charge in [0, 0.05) is 29.6 Å². The second kappa shape index (κ2) is 8.90. The van der Waals surface area contributed by atoms with Gasteiger partial charge in [-0.05, 0) is 30.3 Å². The highest BCUT2D eigenvalue weighted by Gasteiger charge is 2.39. The number of pyridine rings is 1. The quantitative estimate of drug-likeness (QED) is 0.686. The summed E-state index contributed by atoms with van der Waals surface area (Å²) in [4.78, 5) is 28.8. The molecule has 0 spiro atoms.